The third-order valence-corrected chi connectivity index (χ3v) is 5.98. The molecule has 2 unspecified atom stereocenters. The molecule has 6 heteroatoms. The van der Waals surface area contributed by atoms with Gasteiger partial charge in [-0.15, -0.1) is 0 Å². The van der Waals surface area contributed by atoms with Crippen LogP contribution >= 0.6 is 11.6 Å². The molecule has 3 aromatic carbocycles. The van der Waals surface area contributed by atoms with E-state index in [1.54, 1.807) is 29.2 Å². The highest BCUT2D eigenvalue weighted by atomic mass is 35.5. The number of hydrogen-bond donors (Lipinski definition) is 0. The third kappa shape index (κ3) is 4.43. The van der Waals surface area contributed by atoms with Crippen molar-refractivity contribution in [3.05, 3.63) is 101 Å². The molecule has 1 fully saturated rings. The van der Waals surface area contributed by atoms with E-state index in [-0.39, 0.29) is 30.7 Å². The van der Waals surface area contributed by atoms with Gasteiger partial charge in [-0.05, 0) is 42.3 Å². The lowest BCUT2D eigenvalue weighted by Crippen LogP contribution is -2.47. The number of benzene rings is 3. The summed E-state index contributed by atoms with van der Waals surface area (Å²) in [5.41, 5.74) is 2.21. The van der Waals surface area contributed by atoms with Crippen LogP contribution in [0.15, 0.2) is 84.9 Å². The molecule has 3 amide bonds. The second-order valence-corrected chi connectivity index (χ2v) is 8.25. The van der Waals surface area contributed by atoms with E-state index in [2.05, 4.69) is 0 Å². The van der Waals surface area contributed by atoms with Crippen molar-refractivity contribution in [2.75, 3.05) is 4.90 Å². The Balaban J connectivity index is 1.67. The van der Waals surface area contributed by atoms with Crippen molar-refractivity contribution >= 4 is 35.0 Å². The molecule has 1 aliphatic heterocycles. The maximum Gasteiger partial charge on any atom is 0.257 e. The first-order chi connectivity index (χ1) is 15.5. The number of nitrogens with zero attached hydrogens (tertiary/aromatic N) is 2. The maximum absolute atomic E-state index is 13.5. The van der Waals surface area contributed by atoms with E-state index in [0.29, 0.717) is 10.7 Å². The summed E-state index contributed by atoms with van der Waals surface area (Å²) >= 11 is 5.96. The van der Waals surface area contributed by atoms with E-state index in [9.17, 15) is 14.4 Å². The van der Waals surface area contributed by atoms with Gasteiger partial charge < -0.3 is 4.90 Å². The van der Waals surface area contributed by atoms with Crippen LogP contribution in [0, 0.1) is 0 Å². The highest BCUT2D eigenvalue weighted by molar-refractivity contribution is 6.30. The van der Waals surface area contributed by atoms with E-state index < -0.39 is 11.9 Å². The molecule has 0 saturated carbocycles. The van der Waals surface area contributed by atoms with Gasteiger partial charge in [-0.1, -0.05) is 72.3 Å². The van der Waals surface area contributed by atoms with Gasteiger partial charge in [0.25, 0.3) is 5.91 Å². The molecule has 162 valence electrons. The lowest BCUT2D eigenvalue weighted by Gasteiger charge is -2.34. The first kappa shape index (κ1) is 21.8. The Hall–Kier alpha value is -3.44. The zero-order chi connectivity index (χ0) is 22.7. The average molecular weight is 447 g/mol. The van der Waals surface area contributed by atoms with Gasteiger partial charge in [0.1, 0.15) is 6.04 Å². The normalized spacial score (nSPS) is 16.8. The molecule has 5 nitrogen and oxygen atoms in total. The predicted octanol–water partition coefficient (Wildman–Crippen LogP) is 4.80. The molecule has 4 rings (SSSR count). The molecular weight excluding hydrogens is 424 g/mol. The van der Waals surface area contributed by atoms with E-state index in [1.165, 1.54) is 0 Å². The van der Waals surface area contributed by atoms with Gasteiger partial charge in [0, 0.05) is 5.02 Å². The topological polar surface area (TPSA) is 57.7 Å². The minimum Gasteiger partial charge on any atom is -0.323 e. The largest absolute Gasteiger partial charge is 0.323 e. The summed E-state index contributed by atoms with van der Waals surface area (Å²) in [5, 5.41) is 0.516. The summed E-state index contributed by atoms with van der Waals surface area (Å²) in [7, 11) is 0. The van der Waals surface area contributed by atoms with Crippen LogP contribution in [0.5, 0.6) is 0 Å². The van der Waals surface area contributed by atoms with Crippen molar-refractivity contribution in [2.45, 2.75) is 31.8 Å². The van der Waals surface area contributed by atoms with Gasteiger partial charge in [0.15, 0.2) is 0 Å². The molecule has 2 atom stereocenters. The first-order valence-corrected chi connectivity index (χ1v) is 10.9. The number of rotatable bonds is 6. The lowest BCUT2D eigenvalue weighted by molar-refractivity contribution is -0.140. The minimum absolute atomic E-state index is 0.0564. The molecule has 0 N–H and O–H groups in total. The van der Waals surface area contributed by atoms with Gasteiger partial charge in [0.2, 0.25) is 11.8 Å². The fourth-order valence-electron chi connectivity index (χ4n) is 4.11. The van der Waals surface area contributed by atoms with Crippen LogP contribution in [0.25, 0.3) is 0 Å². The molecule has 0 bridgehead atoms. The molecule has 1 heterocycles. The SMILES string of the molecule is CC(c1ccccc1)N(C(=O)Cc1ccccc1)C1CC(=O)N(c2ccc(Cl)cc2)C1=O. The third-order valence-electron chi connectivity index (χ3n) is 5.73. The van der Waals surface area contributed by atoms with Crippen molar-refractivity contribution in [3.63, 3.8) is 0 Å². The van der Waals surface area contributed by atoms with Gasteiger partial charge in [0.05, 0.1) is 24.6 Å². The molecule has 0 aliphatic carbocycles. The zero-order valence-electron chi connectivity index (χ0n) is 17.6. The van der Waals surface area contributed by atoms with Gasteiger partial charge >= 0.3 is 0 Å². The summed E-state index contributed by atoms with van der Waals surface area (Å²) in [6, 6.07) is 24.2. The highest BCUT2D eigenvalue weighted by Crippen LogP contribution is 2.32. The molecule has 3 aromatic rings. The second kappa shape index (κ2) is 9.37. The van der Waals surface area contributed by atoms with Crippen LogP contribution in [-0.4, -0.2) is 28.7 Å². The van der Waals surface area contributed by atoms with Crippen LogP contribution in [-0.2, 0) is 20.8 Å². The van der Waals surface area contributed by atoms with E-state index in [4.69, 9.17) is 11.6 Å². The molecule has 32 heavy (non-hydrogen) atoms. The summed E-state index contributed by atoms with van der Waals surface area (Å²) < 4.78 is 0. The van der Waals surface area contributed by atoms with Crippen molar-refractivity contribution in [2.24, 2.45) is 0 Å². The minimum atomic E-state index is -0.871. The Bertz CT molecular complexity index is 1120. The van der Waals surface area contributed by atoms with Crippen LogP contribution < -0.4 is 4.90 Å². The smallest absolute Gasteiger partial charge is 0.257 e. The standard InChI is InChI=1S/C26H23ClN2O3/c1-18(20-10-6-3-7-11-20)28(24(30)16-19-8-4-2-5-9-19)23-17-25(31)29(26(23)32)22-14-12-21(27)13-15-22/h2-15,18,23H,16-17H2,1H3. The molecule has 0 radical (unpaired) electrons. The highest BCUT2D eigenvalue weighted by Gasteiger charge is 2.45. The van der Waals surface area contributed by atoms with Crippen LogP contribution in [0.2, 0.25) is 5.02 Å². The number of carbonyl (C=O) groups is 3. The van der Waals surface area contributed by atoms with Crippen molar-refractivity contribution in [1.29, 1.82) is 0 Å². The first-order valence-electron chi connectivity index (χ1n) is 10.5. The van der Waals surface area contributed by atoms with Crippen molar-refractivity contribution in [1.82, 2.24) is 4.90 Å². The molecule has 0 aromatic heterocycles. The molecule has 0 spiro atoms. The number of halogens is 1. The average Bonchev–Trinajstić information content (AvgIpc) is 3.09. The summed E-state index contributed by atoms with van der Waals surface area (Å²) in [6.07, 6.45) is 0.0933. The fraction of sp³-hybridized carbons (Fsp3) is 0.192. The lowest BCUT2D eigenvalue weighted by atomic mass is 10.0. The number of carbonyl (C=O) groups excluding carboxylic acids is 3. The van der Waals surface area contributed by atoms with E-state index >= 15 is 0 Å². The van der Waals surface area contributed by atoms with Crippen LogP contribution in [0.3, 0.4) is 0 Å². The number of hydrogen-bond acceptors (Lipinski definition) is 3. The van der Waals surface area contributed by atoms with E-state index in [0.717, 1.165) is 16.0 Å². The van der Waals surface area contributed by atoms with Crippen LogP contribution in [0.1, 0.15) is 30.5 Å². The fourth-order valence-corrected chi connectivity index (χ4v) is 4.23. The second-order valence-electron chi connectivity index (χ2n) is 7.81. The number of imide groups is 1. The Kier molecular flexibility index (Phi) is 6.37. The molecule has 1 aliphatic rings. The Labute approximate surface area is 192 Å². The Morgan fingerprint density at radius 1 is 0.969 bits per heavy atom. The summed E-state index contributed by atoms with van der Waals surface area (Å²) in [6.45, 7) is 1.89. The maximum atomic E-state index is 13.5. The van der Waals surface area contributed by atoms with Crippen molar-refractivity contribution in [3.8, 4) is 0 Å². The Morgan fingerprint density at radius 2 is 1.56 bits per heavy atom. The monoisotopic (exact) mass is 446 g/mol. The van der Waals surface area contributed by atoms with Gasteiger partial charge in [-0.25, -0.2) is 4.90 Å². The van der Waals surface area contributed by atoms with Crippen molar-refractivity contribution < 1.29 is 14.4 Å². The summed E-state index contributed by atoms with van der Waals surface area (Å²) in [5.74, 6) is -0.932. The van der Waals surface area contributed by atoms with E-state index in [1.807, 2.05) is 67.6 Å². The number of amides is 3. The summed E-state index contributed by atoms with van der Waals surface area (Å²) in [4.78, 5) is 42.5. The number of anilines is 1. The zero-order valence-corrected chi connectivity index (χ0v) is 18.4. The molecular formula is C26H23ClN2O3. The quantitative estimate of drug-likeness (QED) is 0.511. The van der Waals surface area contributed by atoms with Gasteiger partial charge in [-0.2, -0.15) is 0 Å². The van der Waals surface area contributed by atoms with Crippen LogP contribution in [0.4, 0.5) is 5.69 Å². The molecule has 1 saturated heterocycles. The Morgan fingerprint density at radius 3 is 2.19 bits per heavy atom. The predicted molar refractivity (Wildman–Crippen MR) is 124 cm³/mol. The van der Waals surface area contributed by atoms with Gasteiger partial charge in [-0.3, -0.25) is 14.4 Å².